The minimum absolute atomic E-state index is 0.106. The van der Waals surface area contributed by atoms with Crippen molar-refractivity contribution in [2.45, 2.75) is 32.8 Å². The lowest BCUT2D eigenvalue weighted by atomic mass is 9.97. The molecule has 148 valence electrons. The quantitative estimate of drug-likeness (QED) is 0.742. The zero-order valence-corrected chi connectivity index (χ0v) is 16.4. The van der Waals surface area contributed by atoms with Crippen LogP contribution in [0.1, 0.15) is 31.7 Å². The highest BCUT2D eigenvalue weighted by atomic mass is 16.6. The van der Waals surface area contributed by atoms with E-state index in [1.54, 1.807) is 4.90 Å². The Morgan fingerprint density at radius 2 is 1.75 bits per heavy atom. The molecule has 1 atom stereocenters. The molecule has 0 radical (unpaired) electrons. The molecule has 1 fully saturated rings. The Bertz CT molecular complexity index is 764. The largest absolute Gasteiger partial charge is 0.445 e. The topological polar surface area (TPSA) is 49.9 Å². The summed E-state index contributed by atoms with van der Waals surface area (Å²) >= 11 is 0. The second-order valence-corrected chi connectivity index (χ2v) is 7.19. The number of likely N-dealkylation sites (tertiary alicyclic amines) is 1. The van der Waals surface area contributed by atoms with E-state index in [1.165, 1.54) is 0 Å². The summed E-state index contributed by atoms with van der Waals surface area (Å²) in [5.74, 6) is 0.351. The summed E-state index contributed by atoms with van der Waals surface area (Å²) in [6, 6.07) is 19.5. The third kappa shape index (κ3) is 5.35. The Labute approximate surface area is 166 Å². The maximum atomic E-state index is 12.5. The molecule has 1 heterocycles. The lowest BCUT2D eigenvalue weighted by Crippen LogP contribution is -2.45. The van der Waals surface area contributed by atoms with Gasteiger partial charge in [0.1, 0.15) is 6.61 Å². The lowest BCUT2D eigenvalue weighted by Gasteiger charge is -2.35. The van der Waals surface area contributed by atoms with Crippen molar-refractivity contribution in [3.8, 4) is 0 Å². The number of nitrogens with zero attached hydrogens (tertiary/aromatic N) is 2. The second-order valence-electron chi connectivity index (χ2n) is 7.19. The van der Waals surface area contributed by atoms with Gasteiger partial charge < -0.3 is 14.5 Å². The molecule has 3 rings (SSSR count). The summed E-state index contributed by atoms with van der Waals surface area (Å²) in [5, 5.41) is 0. The van der Waals surface area contributed by atoms with Gasteiger partial charge in [-0.2, -0.15) is 0 Å². The molecule has 2 aromatic rings. The zero-order chi connectivity index (χ0) is 19.8. The molecule has 2 aromatic carbocycles. The number of hydrogen-bond acceptors (Lipinski definition) is 3. The maximum Gasteiger partial charge on any atom is 0.410 e. The third-order valence-corrected chi connectivity index (χ3v) is 5.09. The smallest absolute Gasteiger partial charge is 0.410 e. The summed E-state index contributed by atoms with van der Waals surface area (Å²) in [7, 11) is 0. The van der Waals surface area contributed by atoms with Gasteiger partial charge in [-0.1, -0.05) is 55.5 Å². The molecule has 1 aliphatic rings. The van der Waals surface area contributed by atoms with Crippen LogP contribution in [0, 0.1) is 5.92 Å². The highest BCUT2D eigenvalue weighted by molar-refractivity contribution is 5.93. The van der Waals surface area contributed by atoms with E-state index in [-0.39, 0.29) is 24.5 Å². The van der Waals surface area contributed by atoms with Gasteiger partial charge in [0.15, 0.2) is 0 Å². The number of rotatable bonds is 6. The Morgan fingerprint density at radius 3 is 2.43 bits per heavy atom. The van der Waals surface area contributed by atoms with Crippen LogP contribution in [0.2, 0.25) is 0 Å². The first kappa shape index (κ1) is 19.9. The molecule has 1 saturated heterocycles. The van der Waals surface area contributed by atoms with Crippen LogP contribution >= 0.6 is 0 Å². The van der Waals surface area contributed by atoms with Crippen molar-refractivity contribution >= 4 is 17.7 Å². The summed E-state index contributed by atoms with van der Waals surface area (Å²) in [6.45, 7) is 4.11. The molecule has 0 saturated carbocycles. The fraction of sp³-hybridized carbons (Fsp3) is 0.391. The SMILES string of the molecule is CCC(=O)N(C[C@@H]1CCCN(C(=O)OCc2ccccc2)C1)c1ccccc1. The standard InChI is InChI=1S/C23H28N2O3/c1-2-22(26)25(21-13-7-4-8-14-21)17-20-12-9-15-24(16-20)23(27)28-18-19-10-5-3-6-11-19/h3-8,10-11,13-14,20H,2,9,12,15-18H2,1H3/t20-/m1/s1. The molecular weight excluding hydrogens is 352 g/mol. The van der Waals surface area contributed by atoms with E-state index in [0.717, 1.165) is 24.1 Å². The molecule has 2 amide bonds. The van der Waals surface area contributed by atoms with Gasteiger partial charge in [-0.3, -0.25) is 4.79 Å². The number of carbonyl (C=O) groups excluding carboxylic acids is 2. The van der Waals surface area contributed by atoms with Crippen molar-refractivity contribution < 1.29 is 14.3 Å². The molecule has 28 heavy (non-hydrogen) atoms. The highest BCUT2D eigenvalue weighted by Gasteiger charge is 2.27. The first-order valence-electron chi connectivity index (χ1n) is 9.98. The molecule has 0 spiro atoms. The van der Waals surface area contributed by atoms with Gasteiger partial charge in [0.25, 0.3) is 0 Å². The van der Waals surface area contributed by atoms with E-state index >= 15 is 0 Å². The van der Waals surface area contributed by atoms with Crippen LogP contribution in [0.3, 0.4) is 0 Å². The lowest BCUT2D eigenvalue weighted by molar-refractivity contribution is -0.118. The van der Waals surface area contributed by atoms with E-state index in [0.29, 0.717) is 26.1 Å². The van der Waals surface area contributed by atoms with Crippen LogP contribution in [-0.4, -0.2) is 36.5 Å². The number of para-hydroxylation sites is 1. The minimum atomic E-state index is -0.276. The Kier molecular flexibility index (Phi) is 7.06. The van der Waals surface area contributed by atoms with Gasteiger partial charge in [0.05, 0.1) is 0 Å². The fourth-order valence-electron chi connectivity index (χ4n) is 3.60. The summed E-state index contributed by atoms with van der Waals surface area (Å²) < 4.78 is 5.48. The minimum Gasteiger partial charge on any atom is -0.445 e. The number of carbonyl (C=O) groups is 2. The van der Waals surface area contributed by atoms with E-state index in [9.17, 15) is 9.59 Å². The average molecular weight is 380 g/mol. The van der Waals surface area contributed by atoms with Crippen molar-refractivity contribution in [2.75, 3.05) is 24.5 Å². The monoisotopic (exact) mass is 380 g/mol. The van der Waals surface area contributed by atoms with Gasteiger partial charge in [-0.15, -0.1) is 0 Å². The normalized spacial score (nSPS) is 16.5. The molecule has 0 aromatic heterocycles. The first-order chi connectivity index (χ1) is 13.7. The molecule has 0 unspecified atom stereocenters. The number of benzene rings is 2. The van der Waals surface area contributed by atoms with E-state index in [1.807, 2.05) is 72.5 Å². The number of ether oxygens (including phenoxy) is 1. The average Bonchev–Trinajstić information content (AvgIpc) is 2.77. The molecular formula is C23H28N2O3. The van der Waals surface area contributed by atoms with Crippen molar-refractivity contribution in [3.63, 3.8) is 0 Å². The van der Waals surface area contributed by atoms with Crippen molar-refractivity contribution in [2.24, 2.45) is 5.92 Å². The predicted octanol–water partition coefficient (Wildman–Crippen LogP) is 4.48. The molecule has 0 aliphatic carbocycles. The van der Waals surface area contributed by atoms with Gasteiger partial charge >= 0.3 is 6.09 Å². The number of piperidine rings is 1. The second kappa shape index (κ2) is 9.93. The van der Waals surface area contributed by atoms with Crippen LogP contribution in [0.15, 0.2) is 60.7 Å². The van der Waals surface area contributed by atoms with Crippen LogP contribution < -0.4 is 4.90 Å². The van der Waals surface area contributed by atoms with E-state index < -0.39 is 0 Å². The van der Waals surface area contributed by atoms with E-state index in [2.05, 4.69) is 0 Å². The van der Waals surface area contributed by atoms with Crippen LogP contribution in [0.25, 0.3) is 0 Å². The number of anilines is 1. The summed E-state index contributed by atoms with van der Waals surface area (Å²) in [6.07, 6.45) is 2.11. The van der Waals surface area contributed by atoms with Gasteiger partial charge in [0, 0.05) is 31.7 Å². The molecule has 5 heteroatoms. The van der Waals surface area contributed by atoms with E-state index in [4.69, 9.17) is 4.74 Å². The molecule has 5 nitrogen and oxygen atoms in total. The zero-order valence-electron chi connectivity index (χ0n) is 16.4. The molecule has 0 bridgehead atoms. The first-order valence-corrected chi connectivity index (χ1v) is 9.98. The summed E-state index contributed by atoms with van der Waals surface area (Å²) in [4.78, 5) is 28.6. The molecule has 0 N–H and O–H groups in total. The Morgan fingerprint density at radius 1 is 1.07 bits per heavy atom. The van der Waals surface area contributed by atoms with Crippen molar-refractivity contribution in [3.05, 3.63) is 66.2 Å². The van der Waals surface area contributed by atoms with Crippen LogP contribution in [0.4, 0.5) is 10.5 Å². The van der Waals surface area contributed by atoms with Crippen LogP contribution in [0.5, 0.6) is 0 Å². The van der Waals surface area contributed by atoms with Gasteiger partial charge in [0.2, 0.25) is 5.91 Å². The Balaban J connectivity index is 1.58. The van der Waals surface area contributed by atoms with Gasteiger partial charge in [-0.05, 0) is 36.5 Å². The number of hydrogen-bond donors (Lipinski definition) is 0. The Hall–Kier alpha value is -2.82. The number of amides is 2. The third-order valence-electron chi connectivity index (χ3n) is 5.09. The molecule has 1 aliphatic heterocycles. The highest BCUT2D eigenvalue weighted by Crippen LogP contribution is 2.23. The maximum absolute atomic E-state index is 12.5. The summed E-state index contributed by atoms with van der Waals surface area (Å²) in [5.41, 5.74) is 1.89. The fourth-order valence-corrected chi connectivity index (χ4v) is 3.60. The van der Waals surface area contributed by atoms with Gasteiger partial charge in [-0.25, -0.2) is 4.79 Å². The van der Waals surface area contributed by atoms with Crippen LogP contribution in [-0.2, 0) is 16.1 Å². The van der Waals surface area contributed by atoms with Crippen molar-refractivity contribution in [1.82, 2.24) is 4.90 Å². The predicted molar refractivity (Wildman–Crippen MR) is 110 cm³/mol. The van der Waals surface area contributed by atoms with Crippen molar-refractivity contribution in [1.29, 1.82) is 0 Å².